The minimum Gasteiger partial charge on any atom is -0.472 e. The van der Waals surface area contributed by atoms with E-state index in [0.717, 1.165) is 25.8 Å². The van der Waals surface area contributed by atoms with Gasteiger partial charge >= 0.3 is 0 Å². The van der Waals surface area contributed by atoms with Crippen LogP contribution >= 0.6 is 0 Å². The zero-order valence-electron chi connectivity index (χ0n) is 11.9. The standard InChI is InChI=1S/C17H23NO/c1-3-10-18-17(16-9-11-19-13-16)8-7-15-6-4-5-14(2)12-15/h4-6,9,11-13,17-18H,3,7-8,10H2,1-2H3. The molecule has 1 unspecified atom stereocenters. The van der Waals surface area contributed by atoms with E-state index in [2.05, 4.69) is 49.5 Å². The third kappa shape index (κ3) is 4.25. The van der Waals surface area contributed by atoms with Gasteiger partial charge in [-0.15, -0.1) is 0 Å². The summed E-state index contributed by atoms with van der Waals surface area (Å²) in [4.78, 5) is 0. The zero-order chi connectivity index (χ0) is 13.5. The first-order valence-electron chi connectivity index (χ1n) is 7.10. The minimum atomic E-state index is 0.388. The van der Waals surface area contributed by atoms with E-state index in [-0.39, 0.29) is 0 Å². The van der Waals surface area contributed by atoms with E-state index in [1.807, 2.05) is 6.26 Å². The van der Waals surface area contributed by atoms with Crippen molar-refractivity contribution >= 4 is 0 Å². The molecule has 2 aromatic rings. The Bertz CT molecular complexity index is 476. The van der Waals surface area contributed by atoms with E-state index in [9.17, 15) is 0 Å². The molecule has 0 aliphatic carbocycles. The Labute approximate surface area is 115 Å². The Balaban J connectivity index is 1.96. The molecule has 0 radical (unpaired) electrons. The van der Waals surface area contributed by atoms with Crippen LogP contribution in [0.25, 0.3) is 0 Å². The van der Waals surface area contributed by atoms with Crippen LogP contribution in [-0.4, -0.2) is 6.54 Å². The average molecular weight is 257 g/mol. The molecule has 0 saturated heterocycles. The normalized spacial score (nSPS) is 12.5. The molecule has 2 heteroatoms. The number of rotatable bonds is 7. The van der Waals surface area contributed by atoms with E-state index in [1.165, 1.54) is 16.7 Å². The predicted molar refractivity (Wildman–Crippen MR) is 79.2 cm³/mol. The molecule has 0 bridgehead atoms. The van der Waals surface area contributed by atoms with Gasteiger partial charge in [0.2, 0.25) is 0 Å². The van der Waals surface area contributed by atoms with Crippen molar-refractivity contribution < 1.29 is 4.42 Å². The highest BCUT2D eigenvalue weighted by atomic mass is 16.3. The molecule has 1 atom stereocenters. The molecule has 0 saturated carbocycles. The Morgan fingerprint density at radius 2 is 2.16 bits per heavy atom. The minimum absolute atomic E-state index is 0.388. The number of furan rings is 1. The SMILES string of the molecule is CCCNC(CCc1cccc(C)c1)c1ccoc1. The van der Waals surface area contributed by atoms with Crippen LogP contribution in [0, 0.1) is 6.92 Å². The zero-order valence-corrected chi connectivity index (χ0v) is 11.9. The van der Waals surface area contributed by atoms with Crippen molar-refractivity contribution in [1.82, 2.24) is 5.32 Å². The van der Waals surface area contributed by atoms with Crippen LogP contribution in [0.4, 0.5) is 0 Å². The highest BCUT2D eigenvalue weighted by Crippen LogP contribution is 2.20. The molecule has 1 aromatic heterocycles. The van der Waals surface area contributed by atoms with Crippen molar-refractivity contribution in [1.29, 1.82) is 0 Å². The summed E-state index contributed by atoms with van der Waals surface area (Å²) < 4.78 is 5.21. The smallest absolute Gasteiger partial charge is 0.0950 e. The Kier molecular flexibility index (Phi) is 5.22. The van der Waals surface area contributed by atoms with Gasteiger partial charge in [0.05, 0.1) is 12.5 Å². The van der Waals surface area contributed by atoms with Gasteiger partial charge < -0.3 is 9.73 Å². The van der Waals surface area contributed by atoms with Gasteiger partial charge in [0.15, 0.2) is 0 Å². The Morgan fingerprint density at radius 3 is 2.84 bits per heavy atom. The van der Waals surface area contributed by atoms with Crippen molar-refractivity contribution in [2.75, 3.05) is 6.54 Å². The second-order valence-corrected chi connectivity index (χ2v) is 5.09. The quantitative estimate of drug-likeness (QED) is 0.801. The molecule has 2 rings (SSSR count). The monoisotopic (exact) mass is 257 g/mol. The second kappa shape index (κ2) is 7.15. The summed E-state index contributed by atoms with van der Waals surface area (Å²) in [7, 11) is 0. The topological polar surface area (TPSA) is 25.2 Å². The second-order valence-electron chi connectivity index (χ2n) is 5.09. The maximum Gasteiger partial charge on any atom is 0.0950 e. The fraction of sp³-hybridized carbons (Fsp3) is 0.412. The maximum atomic E-state index is 5.21. The number of nitrogens with one attached hydrogen (secondary N) is 1. The molecule has 1 aromatic carbocycles. The summed E-state index contributed by atoms with van der Waals surface area (Å²) in [5, 5.41) is 3.60. The molecule has 2 nitrogen and oxygen atoms in total. The molecular formula is C17H23NO. The van der Waals surface area contributed by atoms with Gasteiger partial charge in [0, 0.05) is 11.6 Å². The number of benzene rings is 1. The third-order valence-corrected chi connectivity index (χ3v) is 3.39. The predicted octanol–water partition coefficient (Wildman–Crippen LogP) is 4.26. The molecule has 1 heterocycles. The van der Waals surface area contributed by atoms with Crippen LogP contribution < -0.4 is 5.32 Å². The van der Waals surface area contributed by atoms with Gasteiger partial charge in [-0.25, -0.2) is 0 Å². The first kappa shape index (κ1) is 13.9. The van der Waals surface area contributed by atoms with E-state index < -0.39 is 0 Å². The molecule has 0 aliphatic heterocycles. The van der Waals surface area contributed by atoms with Crippen LogP contribution in [0.2, 0.25) is 0 Å². The van der Waals surface area contributed by atoms with E-state index >= 15 is 0 Å². The molecule has 0 amide bonds. The van der Waals surface area contributed by atoms with E-state index in [4.69, 9.17) is 4.42 Å². The fourth-order valence-corrected chi connectivity index (χ4v) is 2.36. The van der Waals surface area contributed by atoms with Crippen LogP contribution in [-0.2, 0) is 6.42 Å². The highest BCUT2D eigenvalue weighted by molar-refractivity contribution is 5.23. The molecule has 0 aliphatic rings. The lowest BCUT2D eigenvalue weighted by molar-refractivity contribution is 0.488. The average Bonchev–Trinajstić information content (AvgIpc) is 2.93. The molecule has 102 valence electrons. The van der Waals surface area contributed by atoms with Gasteiger partial charge in [0.1, 0.15) is 0 Å². The van der Waals surface area contributed by atoms with Crippen LogP contribution in [0.1, 0.15) is 42.5 Å². The Hall–Kier alpha value is -1.54. The number of hydrogen-bond acceptors (Lipinski definition) is 2. The van der Waals surface area contributed by atoms with Crippen molar-refractivity contribution in [3.05, 3.63) is 59.5 Å². The van der Waals surface area contributed by atoms with Gasteiger partial charge in [-0.1, -0.05) is 36.8 Å². The lowest BCUT2D eigenvalue weighted by atomic mass is 10.00. The molecule has 0 spiro atoms. The lowest BCUT2D eigenvalue weighted by Crippen LogP contribution is -2.22. The summed E-state index contributed by atoms with van der Waals surface area (Å²) in [6, 6.07) is 11.2. The van der Waals surface area contributed by atoms with Gasteiger partial charge in [-0.05, 0) is 44.4 Å². The van der Waals surface area contributed by atoms with Gasteiger partial charge in [0.25, 0.3) is 0 Å². The summed E-state index contributed by atoms with van der Waals surface area (Å²) >= 11 is 0. The van der Waals surface area contributed by atoms with Crippen molar-refractivity contribution in [3.63, 3.8) is 0 Å². The summed E-state index contributed by atoms with van der Waals surface area (Å²) in [5.41, 5.74) is 3.99. The van der Waals surface area contributed by atoms with Crippen LogP contribution in [0.3, 0.4) is 0 Å². The number of hydrogen-bond donors (Lipinski definition) is 1. The summed E-state index contributed by atoms with van der Waals surface area (Å²) in [6.07, 6.45) is 6.95. The van der Waals surface area contributed by atoms with Crippen LogP contribution in [0.5, 0.6) is 0 Å². The molecular weight excluding hydrogens is 234 g/mol. The van der Waals surface area contributed by atoms with Gasteiger partial charge in [-0.3, -0.25) is 0 Å². The largest absolute Gasteiger partial charge is 0.472 e. The fourth-order valence-electron chi connectivity index (χ4n) is 2.36. The molecule has 1 N–H and O–H groups in total. The van der Waals surface area contributed by atoms with E-state index in [0.29, 0.717) is 6.04 Å². The Morgan fingerprint density at radius 1 is 1.26 bits per heavy atom. The highest BCUT2D eigenvalue weighted by Gasteiger charge is 2.11. The van der Waals surface area contributed by atoms with Crippen molar-refractivity contribution in [3.8, 4) is 0 Å². The van der Waals surface area contributed by atoms with Gasteiger partial charge in [-0.2, -0.15) is 0 Å². The summed E-state index contributed by atoms with van der Waals surface area (Å²) in [6.45, 7) is 5.38. The van der Waals surface area contributed by atoms with Crippen molar-refractivity contribution in [2.24, 2.45) is 0 Å². The molecule has 19 heavy (non-hydrogen) atoms. The first-order valence-corrected chi connectivity index (χ1v) is 7.10. The number of aryl methyl sites for hydroxylation is 2. The summed E-state index contributed by atoms with van der Waals surface area (Å²) in [5.74, 6) is 0. The van der Waals surface area contributed by atoms with Crippen LogP contribution in [0.15, 0.2) is 47.3 Å². The van der Waals surface area contributed by atoms with Crippen molar-refractivity contribution in [2.45, 2.75) is 39.2 Å². The lowest BCUT2D eigenvalue weighted by Gasteiger charge is -2.17. The molecule has 0 fully saturated rings. The van der Waals surface area contributed by atoms with E-state index in [1.54, 1.807) is 6.26 Å². The maximum absolute atomic E-state index is 5.21. The third-order valence-electron chi connectivity index (χ3n) is 3.39. The first-order chi connectivity index (χ1) is 9.29.